The number of hydrogen-bond acceptors (Lipinski definition) is 6. The van der Waals surface area contributed by atoms with Gasteiger partial charge in [0, 0.05) is 4.47 Å². The first-order chi connectivity index (χ1) is 13.5. The number of hydrogen-bond donors (Lipinski definition) is 1. The monoisotopic (exact) mass is 461 g/mol. The highest BCUT2D eigenvalue weighted by Crippen LogP contribution is 2.32. The van der Waals surface area contributed by atoms with E-state index in [2.05, 4.69) is 31.6 Å². The molecule has 0 aromatic heterocycles. The van der Waals surface area contributed by atoms with Crippen LogP contribution >= 0.6 is 27.5 Å². The molecule has 28 heavy (non-hydrogen) atoms. The van der Waals surface area contributed by atoms with Crippen molar-refractivity contribution in [3.8, 4) is 0 Å². The topological polar surface area (TPSA) is 94.4 Å². The quantitative estimate of drug-likeness (QED) is 0.707. The van der Waals surface area contributed by atoms with Crippen molar-refractivity contribution >= 4 is 56.6 Å². The SMILES string of the molecule is O=C(CN1N=N[C@H]2C(=O)N(c3ccc(Br)cc3)C(=O)[C@H]21)Nc1ccccc1Cl. The molecule has 0 spiro atoms. The van der Waals surface area contributed by atoms with Gasteiger partial charge < -0.3 is 5.32 Å². The molecule has 0 saturated carbocycles. The zero-order chi connectivity index (χ0) is 19.8. The first kappa shape index (κ1) is 18.6. The molecule has 0 radical (unpaired) electrons. The van der Waals surface area contributed by atoms with Gasteiger partial charge >= 0.3 is 0 Å². The maximum atomic E-state index is 12.9. The summed E-state index contributed by atoms with van der Waals surface area (Å²) in [6.45, 7) is -0.233. The van der Waals surface area contributed by atoms with Crippen molar-refractivity contribution in [3.05, 3.63) is 58.0 Å². The number of fused-ring (bicyclic) bond motifs is 1. The Labute approximate surface area is 173 Å². The summed E-state index contributed by atoms with van der Waals surface area (Å²) < 4.78 is 0.827. The zero-order valence-corrected chi connectivity index (χ0v) is 16.6. The van der Waals surface area contributed by atoms with Crippen molar-refractivity contribution in [1.82, 2.24) is 5.01 Å². The number of nitrogens with zero attached hydrogens (tertiary/aromatic N) is 4. The first-order valence-electron chi connectivity index (χ1n) is 8.31. The Kier molecular flexibility index (Phi) is 4.86. The minimum atomic E-state index is -0.954. The van der Waals surface area contributed by atoms with Crippen LogP contribution in [-0.4, -0.2) is 41.4 Å². The maximum Gasteiger partial charge on any atom is 0.263 e. The molecule has 2 aliphatic rings. The predicted molar refractivity (Wildman–Crippen MR) is 106 cm³/mol. The van der Waals surface area contributed by atoms with E-state index < -0.39 is 29.8 Å². The van der Waals surface area contributed by atoms with Crippen molar-refractivity contribution < 1.29 is 14.4 Å². The highest BCUT2D eigenvalue weighted by Gasteiger charge is 2.55. The molecule has 8 nitrogen and oxygen atoms in total. The van der Waals surface area contributed by atoms with Gasteiger partial charge in [0.2, 0.25) is 5.91 Å². The summed E-state index contributed by atoms with van der Waals surface area (Å²) >= 11 is 9.35. The number of para-hydroxylation sites is 1. The molecule has 3 amide bonds. The van der Waals surface area contributed by atoms with E-state index in [0.717, 1.165) is 9.37 Å². The molecular weight excluding hydrogens is 450 g/mol. The van der Waals surface area contributed by atoms with Gasteiger partial charge in [-0.1, -0.05) is 44.9 Å². The number of halogens is 2. The molecule has 4 rings (SSSR count). The molecular formula is C18H13BrClN5O3. The summed E-state index contributed by atoms with van der Waals surface area (Å²) in [6.07, 6.45) is 0. The van der Waals surface area contributed by atoms with Crippen LogP contribution in [0, 0.1) is 0 Å². The molecule has 1 fully saturated rings. The van der Waals surface area contributed by atoms with E-state index >= 15 is 0 Å². The van der Waals surface area contributed by atoms with Gasteiger partial charge in [-0.05, 0) is 36.4 Å². The second kappa shape index (κ2) is 7.33. The van der Waals surface area contributed by atoms with Crippen LogP contribution in [-0.2, 0) is 14.4 Å². The number of carbonyl (C=O) groups is 3. The fraction of sp³-hybridized carbons (Fsp3) is 0.167. The maximum absolute atomic E-state index is 12.9. The van der Waals surface area contributed by atoms with Crippen molar-refractivity contribution in [2.45, 2.75) is 12.1 Å². The van der Waals surface area contributed by atoms with Gasteiger partial charge in [0.25, 0.3) is 11.8 Å². The van der Waals surface area contributed by atoms with Crippen LogP contribution in [0.2, 0.25) is 5.02 Å². The summed E-state index contributed by atoms with van der Waals surface area (Å²) in [5.41, 5.74) is 0.899. The van der Waals surface area contributed by atoms with E-state index in [0.29, 0.717) is 16.4 Å². The van der Waals surface area contributed by atoms with Gasteiger partial charge in [-0.2, -0.15) is 5.11 Å². The van der Waals surface area contributed by atoms with E-state index in [9.17, 15) is 14.4 Å². The summed E-state index contributed by atoms with van der Waals surface area (Å²) in [4.78, 5) is 39.0. The molecule has 0 unspecified atom stereocenters. The van der Waals surface area contributed by atoms with Crippen LogP contribution in [0.1, 0.15) is 0 Å². The second-order valence-corrected chi connectivity index (χ2v) is 7.53. The number of nitrogens with one attached hydrogen (secondary N) is 1. The Morgan fingerprint density at radius 2 is 1.82 bits per heavy atom. The number of rotatable bonds is 4. The fourth-order valence-electron chi connectivity index (χ4n) is 3.10. The lowest BCUT2D eigenvalue weighted by Crippen LogP contribution is -2.43. The Bertz CT molecular complexity index is 997. The molecule has 2 aliphatic heterocycles. The van der Waals surface area contributed by atoms with Gasteiger partial charge in [-0.3, -0.25) is 19.4 Å². The molecule has 0 aliphatic carbocycles. The smallest absolute Gasteiger partial charge is 0.263 e. The summed E-state index contributed by atoms with van der Waals surface area (Å²) in [6, 6.07) is 11.7. The zero-order valence-electron chi connectivity index (χ0n) is 14.3. The molecule has 2 aromatic rings. The van der Waals surface area contributed by atoms with Crippen LogP contribution in [0.15, 0.2) is 63.3 Å². The molecule has 142 valence electrons. The van der Waals surface area contributed by atoms with Crippen LogP contribution in [0.4, 0.5) is 11.4 Å². The minimum absolute atomic E-state index is 0.233. The number of amides is 3. The lowest BCUT2D eigenvalue weighted by Gasteiger charge is -2.20. The number of carbonyl (C=O) groups excluding carboxylic acids is 3. The number of anilines is 2. The molecule has 2 aromatic carbocycles. The largest absolute Gasteiger partial charge is 0.323 e. The van der Waals surface area contributed by atoms with Crippen molar-refractivity contribution in [1.29, 1.82) is 0 Å². The number of benzene rings is 2. The number of imide groups is 1. The average molecular weight is 463 g/mol. The predicted octanol–water partition coefficient (Wildman–Crippen LogP) is 3.03. The van der Waals surface area contributed by atoms with Crippen LogP contribution in [0.3, 0.4) is 0 Å². The third-order valence-electron chi connectivity index (χ3n) is 4.40. The van der Waals surface area contributed by atoms with E-state index in [4.69, 9.17) is 11.6 Å². The summed E-state index contributed by atoms with van der Waals surface area (Å²) in [7, 11) is 0. The lowest BCUT2D eigenvalue weighted by atomic mass is 10.1. The third kappa shape index (κ3) is 3.27. The fourth-order valence-corrected chi connectivity index (χ4v) is 3.55. The van der Waals surface area contributed by atoms with Gasteiger partial charge in [-0.15, -0.1) is 0 Å². The van der Waals surface area contributed by atoms with Crippen molar-refractivity contribution in [2.24, 2.45) is 10.3 Å². The normalized spacial score (nSPS) is 20.6. The van der Waals surface area contributed by atoms with Crippen LogP contribution in [0.5, 0.6) is 0 Å². The average Bonchev–Trinajstić information content (AvgIpc) is 3.18. The Morgan fingerprint density at radius 1 is 1.11 bits per heavy atom. The first-order valence-corrected chi connectivity index (χ1v) is 9.48. The Balaban J connectivity index is 1.49. The summed E-state index contributed by atoms with van der Waals surface area (Å²) in [5.74, 6) is -1.35. The standard InChI is InChI=1S/C18H13BrClN5O3/c19-10-5-7-11(8-6-10)25-17(27)15-16(18(25)28)24(23-22-15)9-14(26)21-13-4-2-1-3-12(13)20/h1-8,15-16H,9H2,(H,21,26)/t15-,16+/m1/s1. The molecule has 2 heterocycles. The highest BCUT2D eigenvalue weighted by atomic mass is 79.9. The van der Waals surface area contributed by atoms with E-state index in [1.807, 2.05) is 0 Å². The van der Waals surface area contributed by atoms with Crippen molar-refractivity contribution in [2.75, 3.05) is 16.8 Å². The van der Waals surface area contributed by atoms with Gasteiger partial charge in [0.05, 0.1) is 16.4 Å². The van der Waals surface area contributed by atoms with Gasteiger partial charge in [-0.25, -0.2) is 4.90 Å². The lowest BCUT2D eigenvalue weighted by molar-refractivity contribution is -0.123. The van der Waals surface area contributed by atoms with Gasteiger partial charge in [0.15, 0.2) is 12.1 Å². The van der Waals surface area contributed by atoms with E-state index in [1.54, 1.807) is 48.5 Å². The Hall–Kier alpha value is -2.78. The molecule has 1 N–H and O–H groups in total. The molecule has 0 bridgehead atoms. The van der Waals surface area contributed by atoms with E-state index in [1.165, 1.54) is 5.01 Å². The Morgan fingerprint density at radius 3 is 2.54 bits per heavy atom. The molecule has 1 saturated heterocycles. The van der Waals surface area contributed by atoms with Gasteiger partial charge in [0.1, 0.15) is 6.54 Å². The second-order valence-electron chi connectivity index (χ2n) is 6.21. The van der Waals surface area contributed by atoms with Crippen LogP contribution in [0.25, 0.3) is 0 Å². The van der Waals surface area contributed by atoms with E-state index in [-0.39, 0.29) is 6.54 Å². The molecule has 10 heteroatoms. The van der Waals surface area contributed by atoms with Crippen LogP contribution < -0.4 is 10.2 Å². The highest BCUT2D eigenvalue weighted by molar-refractivity contribution is 9.10. The third-order valence-corrected chi connectivity index (χ3v) is 5.25. The minimum Gasteiger partial charge on any atom is -0.323 e. The van der Waals surface area contributed by atoms with Crippen molar-refractivity contribution in [3.63, 3.8) is 0 Å². The molecule has 2 atom stereocenters. The summed E-state index contributed by atoms with van der Waals surface area (Å²) in [5, 5.41) is 12.0.